The van der Waals surface area contributed by atoms with E-state index in [1.807, 2.05) is 13.8 Å². The van der Waals surface area contributed by atoms with Gasteiger partial charge in [0.25, 0.3) is 0 Å². The molecular formula is C14H28N2O2. The molecule has 4 heteroatoms. The second-order valence-corrected chi connectivity index (χ2v) is 5.83. The maximum absolute atomic E-state index is 11.9. The minimum atomic E-state index is -0.593. The van der Waals surface area contributed by atoms with Crippen molar-refractivity contribution in [3.05, 3.63) is 0 Å². The minimum Gasteiger partial charge on any atom is -0.468 e. The van der Waals surface area contributed by atoms with Gasteiger partial charge in [0.15, 0.2) is 0 Å². The molecule has 1 rings (SSSR count). The summed E-state index contributed by atoms with van der Waals surface area (Å²) in [5.74, 6) is 1.31. The highest BCUT2D eigenvalue weighted by molar-refractivity contribution is 5.80. The second-order valence-electron chi connectivity index (χ2n) is 5.83. The van der Waals surface area contributed by atoms with Crippen LogP contribution in [0.25, 0.3) is 0 Å². The largest absolute Gasteiger partial charge is 0.468 e. The van der Waals surface area contributed by atoms with Crippen molar-refractivity contribution in [3.8, 4) is 0 Å². The highest BCUT2D eigenvalue weighted by atomic mass is 16.5. The van der Waals surface area contributed by atoms with E-state index in [0.29, 0.717) is 5.92 Å². The van der Waals surface area contributed by atoms with Gasteiger partial charge in [-0.2, -0.15) is 0 Å². The van der Waals surface area contributed by atoms with E-state index in [9.17, 15) is 4.79 Å². The van der Waals surface area contributed by atoms with Gasteiger partial charge in [0.05, 0.1) is 7.11 Å². The Labute approximate surface area is 111 Å². The summed E-state index contributed by atoms with van der Waals surface area (Å²) in [7, 11) is 1.46. The molecule has 0 aromatic heterocycles. The Hall–Kier alpha value is -0.610. The predicted molar refractivity (Wildman–Crippen MR) is 73.5 cm³/mol. The summed E-state index contributed by atoms with van der Waals surface area (Å²) < 4.78 is 4.93. The number of nitrogens with zero attached hydrogens (tertiary/aromatic N) is 1. The van der Waals surface area contributed by atoms with Crippen LogP contribution in [-0.4, -0.2) is 49.7 Å². The third kappa shape index (κ3) is 3.69. The molecule has 18 heavy (non-hydrogen) atoms. The molecule has 3 unspecified atom stereocenters. The van der Waals surface area contributed by atoms with Crippen molar-refractivity contribution in [2.45, 2.75) is 39.7 Å². The predicted octanol–water partition coefficient (Wildman–Crippen LogP) is 1.51. The van der Waals surface area contributed by atoms with Crippen LogP contribution in [0.15, 0.2) is 0 Å². The molecule has 1 N–H and O–H groups in total. The van der Waals surface area contributed by atoms with Crippen molar-refractivity contribution < 1.29 is 9.53 Å². The van der Waals surface area contributed by atoms with Crippen molar-refractivity contribution in [1.29, 1.82) is 0 Å². The van der Waals surface area contributed by atoms with E-state index < -0.39 is 5.54 Å². The van der Waals surface area contributed by atoms with Gasteiger partial charge in [-0.1, -0.05) is 20.8 Å². The number of rotatable bonds is 5. The Balaban J connectivity index is 2.64. The lowest BCUT2D eigenvalue weighted by molar-refractivity contribution is -0.149. The van der Waals surface area contributed by atoms with Crippen molar-refractivity contribution in [3.63, 3.8) is 0 Å². The first-order valence-corrected chi connectivity index (χ1v) is 6.98. The molecule has 0 bridgehead atoms. The standard InChI is InChI=1S/C14H28N2O2/c1-6-15-14(4,13(17)18-5)10-16-8-7-11(2)12(3)9-16/h11-12,15H,6-10H2,1-5H3. The highest BCUT2D eigenvalue weighted by Gasteiger charge is 2.37. The number of carbonyl (C=O) groups excluding carboxylic acids is 1. The number of hydrogen-bond donors (Lipinski definition) is 1. The summed E-state index contributed by atoms with van der Waals surface area (Å²) in [5.41, 5.74) is -0.593. The zero-order valence-corrected chi connectivity index (χ0v) is 12.5. The highest BCUT2D eigenvalue weighted by Crippen LogP contribution is 2.23. The number of esters is 1. The van der Waals surface area contributed by atoms with Gasteiger partial charge in [0.2, 0.25) is 0 Å². The van der Waals surface area contributed by atoms with Gasteiger partial charge >= 0.3 is 5.97 Å². The van der Waals surface area contributed by atoms with Crippen LogP contribution in [-0.2, 0) is 9.53 Å². The molecule has 0 aromatic carbocycles. The first-order chi connectivity index (χ1) is 8.42. The van der Waals surface area contributed by atoms with Gasteiger partial charge < -0.3 is 15.0 Å². The van der Waals surface area contributed by atoms with Crippen LogP contribution in [0.2, 0.25) is 0 Å². The average molecular weight is 256 g/mol. The van der Waals surface area contributed by atoms with Crippen LogP contribution in [0, 0.1) is 11.8 Å². The molecule has 1 aliphatic heterocycles. The zero-order valence-electron chi connectivity index (χ0n) is 12.5. The Morgan fingerprint density at radius 2 is 2.11 bits per heavy atom. The molecule has 0 radical (unpaired) electrons. The maximum Gasteiger partial charge on any atom is 0.327 e. The zero-order chi connectivity index (χ0) is 13.8. The number of hydrogen-bond acceptors (Lipinski definition) is 4. The van der Waals surface area contributed by atoms with Crippen molar-refractivity contribution >= 4 is 5.97 Å². The molecule has 1 fully saturated rings. The van der Waals surface area contributed by atoms with Gasteiger partial charge in [-0.25, -0.2) is 0 Å². The fourth-order valence-corrected chi connectivity index (χ4v) is 2.75. The Kier molecular flexibility index (Phi) is 5.60. The van der Waals surface area contributed by atoms with Gasteiger partial charge in [-0.15, -0.1) is 0 Å². The molecule has 3 atom stereocenters. The lowest BCUT2D eigenvalue weighted by atomic mass is 9.87. The number of nitrogens with one attached hydrogen (secondary N) is 1. The van der Waals surface area contributed by atoms with Crippen LogP contribution < -0.4 is 5.32 Å². The summed E-state index contributed by atoms with van der Waals surface area (Å²) in [6, 6.07) is 0. The number of likely N-dealkylation sites (N-methyl/N-ethyl adjacent to an activating group) is 1. The minimum absolute atomic E-state index is 0.171. The summed E-state index contributed by atoms with van der Waals surface area (Å²) in [6.45, 7) is 12.2. The fourth-order valence-electron chi connectivity index (χ4n) is 2.75. The second kappa shape index (κ2) is 6.53. The third-order valence-corrected chi connectivity index (χ3v) is 4.16. The smallest absolute Gasteiger partial charge is 0.327 e. The topological polar surface area (TPSA) is 41.6 Å². The monoisotopic (exact) mass is 256 g/mol. The van der Waals surface area contributed by atoms with E-state index in [4.69, 9.17) is 4.74 Å². The molecule has 0 aromatic rings. The van der Waals surface area contributed by atoms with E-state index in [0.717, 1.165) is 32.1 Å². The molecule has 0 aliphatic carbocycles. The maximum atomic E-state index is 11.9. The first-order valence-electron chi connectivity index (χ1n) is 6.98. The first kappa shape index (κ1) is 15.4. The van der Waals surface area contributed by atoms with Crippen molar-refractivity contribution in [2.24, 2.45) is 11.8 Å². The van der Waals surface area contributed by atoms with Gasteiger partial charge in [-0.05, 0) is 38.3 Å². The average Bonchev–Trinajstić information content (AvgIpc) is 2.33. The lowest BCUT2D eigenvalue weighted by Crippen LogP contribution is -2.58. The van der Waals surface area contributed by atoms with Crippen LogP contribution in [0.4, 0.5) is 0 Å². The molecule has 4 nitrogen and oxygen atoms in total. The quantitative estimate of drug-likeness (QED) is 0.757. The summed E-state index contributed by atoms with van der Waals surface area (Å²) in [6.07, 6.45) is 1.21. The van der Waals surface area contributed by atoms with Crippen LogP contribution >= 0.6 is 0 Å². The third-order valence-electron chi connectivity index (χ3n) is 4.16. The summed E-state index contributed by atoms with van der Waals surface area (Å²) in [5, 5.41) is 3.27. The number of likely N-dealkylation sites (tertiary alicyclic amines) is 1. The Morgan fingerprint density at radius 3 is 2.61 bits per heavy atom. The number of carbonyl (C=O) groups is 1. The molecule has 106 valence electrons. The molecule has 1 heterocycles. The van der Waals surface area contributed by atoms with Gasteiger partial charge in [0.1, 0.15) is 5.54 Å². The van der Waals surface area contributed by atoms with E-state index in [2.05, 4.69) is 24.1 Å². The molecule has 0 saturated carbocycles. The van der Waals surface area contributed by atoms with E-state index in [1.165, 1.54) is 13.5 Å². The van der Waals surface area contributed by atoms with Crippen molar-refractivity contribution in [2.75, 3.05) is 33.3 Å². The van der Waals surface area contributed by atoms with E-state index in [-0.39, 0.29) is 5.97 Å². The Bertz CT molecular complexity index is 283. The van der Waals surface area contributed by atoms with Gasteiger partial charge in [-0.3, -0.25) is 4.79 Å². The molecule has 0 amide bonds. The van der Waals surface area contributed by atoms with Crippen LogP contribution in [0.3, 0.4) is 0 Å². The molecule has 0 spiro atoms. The SMILES string of the molecule is CCNC(C)(CN1CCC(C)C(C)C1)C(=O)OC. The molecule has 1 saturated heterocycles. The van der Waals surface area contributed by atoms with Crippen LogP contribution in [0.5, 0.6) is 0 Å². The molecular weight excluding hydrogens is 228 g/mol. The molecule has 1 aliphatic rings. The summed E-state index contributed by atoms with van der Waals surface area (Å²) in [4.78, 5) is 14.3. The normalized spacial score (nSPS) is 28.7. The Morgan fingerprint density at radius 1 is 1.44 bits per heavy atom. The van der Waals surface area contributed by atoms with Crippen LogP contribution in [0.1, 0.15) is 34.1 Å². The number of ether oxygens (including phenoxy) is 1. The van der Waals surface area contributed by atoms with Crippen molar-refractivity contribution in [1.82, 2.24) is 10.2 Å². The van der Waals surface area contributed by atoms with E-state index in [1.54, 1.807) is 0 Å². The van der Waals surface area contributed by atoms with Gasteiger partial charge in [0, 0.05) is 13.1 Å². The number of methoxy groups -OCH3 is 1. The number of piperidine rings is 1. The van der Waals surface area contributed by atoms with E-state index >= 15 is 0 Å². The summed E-state index contributed by atoms with van der Waals surface area (Å²) >= 11 is 0. The fraction of sp³-hybridized carbons (Fsp3) is 0.929. The lowest BCUT2D eigenvalue weighted by Gasteiger charge is -2.40.